The van der Waals surface area contributed by atoms with Crippen molar-refractivity contribution in [1.82, 2.24) is 4.90 Å². The number of hydrogen-bond donors (Lipinski definition) is 1. The van der Waals surface area contributed by atoms with E-state index in [1.165, 1.54) is 5.56 Å². The third-order valence-corrected chi connectivity index (χ3v) is 2.91. The quantitative estimate of drug-likeness (QED) is 0.836. The largest absolute Gasteiger partial charge is 0.481 e. The lowest BCUT2D eigenvalue weighted by atomic mass is 10.1. The predicted octanol–water partition coefficient (Wildman–Crippen LogP) is 1.80. The maximum atomic E-state index is 11.7. The number of carboxylic acid groups (broad SMARTS) is 1. The molecular weight excluding hydrogens is 230 g/mol. The summed E-state index contributed by atoms with van der Waals surface area (Å²) in [6.07, 6.45) is 0.838. The van der Waals surface area contributed by atoms with Gasteiger partial charge in [-0.3, -0.25) is 9.59 Å². The Morgan fingerprint density at radius 2 is 1.89 bits per heavy atom. The van der Waals surface area contributed by atoms with Gasteiger partial charge in [0.25, 0.3) is 0 Å². The zero-order valence-corrected chi connectivity index (χ0v) is 10.8. The molecule has 0 heterocycles. The molecule has 1 amide bonds. The fraction of sp³-hybridized carbons (Fsp3) is 0.429. The van der Waals surface area contributed by atoms with E-state index in [0.29, 0.717) is 6.54 Å². The maximum Gasteiger partial charge on any atom is 0.306 e. The highest BCUT2D eigenvalue weighted by Gasteiger charge is 2.18. The summed E-state index contributed by atoms with van der Waals surface area (Å²) in [4.78, 5) is 24.0. The van der Waals surface area contributed by atoms with Gasteiger partial charge in [-0.25, -0.2) is 0 Å². The van der Waals surface area contributed by atoms with Crippen molar-refractivity contribution in [3.63, 3.8) is 0 Å². The van der Waals surface area contributed by atoms with Crippen molar-refractivity contribution in [1.29, 1.82) is 0 Å². The van der Waals surface area contributed by atoms with Crippen molar-refractivity contribution in [2.45, 2.75) is 19.8 Å². The van der Waals surface area contributed by atoms with Gasteiger partial charge in [0.1, 0.15) is 0 Å². The first-order valence-corrected chi connectivity index (χ1v) is 6.01. The summed E-state index contributed by atoms with van der Waals surface area (Å²) in [6, 6.07) is 9.90. The van der Waals surface area contributed by atoms with E-state index in [-0.39, 0.29) is 12.3 Å². The number of carbonyl (C=O) groups excluding carboxylic acids is 1. The van der Waals surface area contributed by atoms with Crippen LogP contribution < -0.4 is 0 Å². The maximum absolute atomic E-state index is 11.7. The third-order valence-electron chi connectivity index (χ3n) is 2.91. The Hall–Kier alpha value is -1.84. The van der Waals surface area contributed by atoms with Gasteiger partial charge in [0.2, 0.25) is 5.91 Å². The number of carboxylic acids is 1. The number of nitrogens with zero attached hydrogens (tertiary/aromatic N) is 1. The van der Waals surface area contributed by atoms with Crippen LogP contribution in [0.25, 0.3) is 0 Å². The lowest BCUT2D eigenvalue weighted by Crippen LogP contribution is -2.31. The molecule has 1 aromatic rings. The van der Waals surface area contributed by atoms with Crippen molar-refractivity contribution in [3.05, 3.63) is 35.9 Å². The lowest BCUT2D eigenvalue weighted by molar-refractivity contribution is -0.144. The summed E-state index contributed by atoms with van der Waals surface area (Å²) in [7, 11) is 1.71. The standard InChI is InChI=1S/C14H19NO3/c1-11(14(17)18)10-13(16)15(2)9-8-12-6-4-3-5-7-12/h3-7,11H,8-10H2,1-2H3,(H,17,18). The van der Waals surface area contributed by atoms with Gasteiger partial charge in [0.15, 0.2) is 0 Å². The van der Waals surface area contributed by atoms with Crippen LogP contribution in [0, 0.1) is 5.92 Å². The SMILES string of the molecule is CC(CC(=O)N(C)CCc1ccccc1)C(=O)O. The molecule has 1 unspecified atom stereocenters. The molecule has 0 saturated heterocycles. The smallest absolute Gasteiger partial charge is 0.306 e. The number of benzene rings is 1. The molecular formula is C14H19NO3. The van der Waals surface area contributed by atoms with E-state index in [2.05, 4.69) is 0 Å². The highest BCUT2D eigenvalue weighted by atomic mass is 16.4. The molecule has 1 atom stereocenters. The molecule has 1 N–H and O–H groups in total. The Labute approximate surface area is 107 Å². The first-order valence-electron chi connectivity index (χ1n) is 6.01. The molecule has 4 nitrogen and oxygen atoms in total. The number of aliphatic carboxylic acids is 1. The Bertz CT molecular complexity index is 403. The monoisotopic (exact) mass is 249 g/mol. The Morgan fingerprint density at radius 1 is 1.28 bits per heavy atom. The summed E-state index contributed by atoms with van der Waals surface area (Å²) in [5.41, 5.74) is 1.17. The summed E-state index contributed by atoms with van der Waals surface area (Å²) >= 11 is 0. The number of carbonyl (C=O) groups is 2. The van der Waals surface area contributed by atoms with Crippen molar-refractivity contribution in [2.24, 2.45) is 5.92 Å². The molecule has 1 rings (SSSR count). The highest BCUT2D eigenvalue weighted by molar-refractivity contribution is 5.81. The summed E-state index contributed by atoms with van der Waals surface area (Å²) in [5.74, 6) is -1.68. The van der Waals surface area contributed by atoms with E-state index < -0.39 is 11.9 Å². The molecule has 18 heavy (non-hydrogen) atoms. The molecule has 0 aromatic heterocycles. The Kier molecular flexibility index (Phi) is 5.36. The van der Waals surface area contributed by atoms with Crippen LogP contribution in [0.3, 0.4) is 0 Å². The topological polar surface area (TPSA) is 57.6 Å². The van der Waals surface area contributed by atoms with Crippen molar-refractivity contribution < 1.29 is 14.7 Å². The zero-order valence-electron chi connectivity index (χ0n) is 10.8. The number of likely N-dealkylation sites (N-methyl/N-ethyl adjacent to an activating group) is 1. The van der Waals surface area contributed by atoms with Gasteiger partial charge in [-0.05, 0) is 12.0 Å². The van der Waals surface area contributed by atoms with Crippen LogP contribution in [0.1, 0.15) is 18.9 Å². The first-order chi connectivity index (χ1) is 8.50. The van der Waals surface area contributed by atoms with Gasteiger partial charge in [-0.2, -0.15) is 0 Å². The van der Waals surface area contributed by atoms with E-state index >= 15 is 0 Å². The summed E-state index contributed by atoms with van der Waals surface area (Å²) in [5, 5.41) is 8.75. The molecule has 1 aromatic carbocycles. The van der Waals surface area contributed by atoms with Crippen molar-refractivity contribution in [2.75, 3.05) is 13.6 Å². The van der Waals surface area contributed by atoms with E-state index in [9.17, 15) is 9.59 Å². The lowest BCUT2D eigenvalue weighted by Gasteiger charge is -2.18. The number of hydrogen-bond acceptors (Lipinski definition) is 2. The van der Waals surface area contributed by atoms with Crippen molar-refractivity contribution >= 4 is 11.9 Å². The van der Waals surface area contributed by atoms with E-state index in [4.69, 9.17) is 5.11 Å². The summed E-state index contributed by atoms with van der Waals surface area (Å²) < 4.78 is 0. The second-order valence-electron chi connectivity index (χ2n) is 4.49. The second-order valence-corrected chi connectivity index (χ2v) is 4.49. The van der Waals surface area contributed by atoms with Crippen LogP contribution in [0.4, 0.5) is 0 Å². The second kappa shape index (κ2) is 6.79. The highest BCUT2D eigenvalue weighted by Crippen LogP contribution is 2.06. The number of amides is 1. The van der Waals surface area contributed by atoms with Crippen molar-refractivity contribution in [3.8, 4) is 0 Å². The zero-order chi connectivity index (χ0) is 13.5. The Morgan fingerprint density at radius 3 is 2.44 bits per heavy atom. The van der Waals surface area contributed by atoms with Gasteiger partial charge < -0.3 is 10.0 Å². The van der Waals surface area contributed by atoms with Gasteiger partial charge in [0.05, 0.1) is 5.92 Å². The number of rotatable bonds is 6. The van der Waals surface area contributed by atoms with Crippen LogP contribution in [0.15, 0.2) is 30.3 Å². The fourth-order valence-corrected chi connectivity index (χ4v) is 1.57. The molecule has 0 spiro atoms. The predicted molar refractivity (Wildman–Crippen MR) is 69.2 cm³/mol. The molecule has 0 bridgehead atoms. The van der Waals surface area contributed by atoms with Crippen LogP contribution >= 0.6 is 0 Å². The minimum absolute atomic E-state index is 0.0562. The third kappa shape index (κ3) is 4.57. The fourth-order valence-electron chi connectivity index (χ4n) is 1.57. The Balaban J connectivity index is 2.39. The molecule has 4 heteroatoms. The van der Waals surface area contributed by atoms with Crippen LogP contribution in [-0.4, -0.2) is 35.5 Å². The first kappa shape index (κ1) is 14.2. The molecule has 98 valence electrons. The molecule has 0 aliphatic carbocycles. The van der Waals surface area contributed by atoms with Gasteiger partial charge in [-0.15, -0.1) is 0 Å². The van der Waals surface area contributed by atoms with E-state index in [0.717, 1.165) is 6.42 Å². The average molecular weight is 249 g/mol. The molecule has 0 aliphatic rings. The van der Waals surface area contributed by atoms with Crippen LogP contribution in [0.2, 0.25) is 0 Å². The summed E-state index contributed by atoms with van der Waals surface area (Å²) in [6.45, 7) is 2.15. The minimum Gasteiger partial charge on any atom is -0.481 e. The van der Waals surface area contributed by atoms with Gasteiger partial charge in [0, 0.05) is 20.0 Å². The average Bonchev–Trinajstić information content (AvgIpc) is 2.36. The van der Waals surface area contributed by atoms with E-state index in [1.807, 2.05) is 30.3 Å². The molecule has 0 radical (unpaired) electrons. The van der Waals surface area contributed by atoms with Gasteiger partial charge in [-0.1, -0.05) is 37.3 Å². The minimum atomic E-state index is -0.931. The normalized spacial score (nSPS) is 11.9. The molecule has 0 saturated carbocycles. The van der Waals surface area contributed by atoms with Crippen LogP contribution in [-0.2, 0) is 16.0 Å². The molecule has 0 fully saturated rings. The molecule has 0 aliphatic heterocycles. The van der Waals surface area contributed by atoms with Crippen LogP contribution in [0.5, 0.6) is 0 Å². The van der Waals surface area contributed by atoms with Gasteiger partial charge >= 0.3 is 5.97 Å². The van der Waals surface area contributed by atoms with E-state index in [1.54, 1.807) is 18.9 Å².